The molecule has 1 aromatic heterocycles. The number of esters is 1. The van der Waals surface area contributed by atoms with Gasteiger partial charge in [-0.3, -0.25) is 14.7 Å². The molecule has 142 valence electrons. The van der Waals surface area contributed by atoms with Crippen molar-refractivity contribution < 1.29 is 19.0 Å². The van der Waals surface area contributed by atoms with E-state index in [1.807, 2.05) is 6.07 Å². The monoisotopic (exact) mass is 362 g/mol. The summed E-state index contributed by atoms with van der Waals surface area (Å²) >= 11 is 0. The predicted octanol–water partition coefficient (Wildman–Crippen LogP) is 2.75. The van der Waals surface area contributed by atoms with E-state index in [-0.39, 0.29) is 12.0 Å². The number of nitrogens with one attached hydrogen (secondary N) is 2. The predicted molar refractivity (Wildman–Crippen MR) is 98.0 cm³/mol. The third-order valence-electron chi connectivity index (χ3n) is 4.12. The van der Waals surface area contributed by atoms with E-state index in [2.05, 4.69) is 24.0 Å². The molecule has 1 atom stereocenters. The Hall–Kier alpha value is -2.70. The lowest BCUT2D eigenvalue weighted by Gasteiger charge is -2.18. The van der Waals surface area contributed by atoms with Crippen molar-refractivity contribution in [2.45, 2.75) is 33.1 Å². The third-order valence-corrected chi connectivity index (χ3v) is 4.12. The number of aryl methyl sites for hydroxylation is 1. The molecule has 2 aromatic rings. The van der Waals surface area contributed by atoms with Crippen molar-refractivity contribution in [1.82, 2.24) is 10.2 Å². The maximum atomic E-state index is 12.2. The molecule has 7 heteroatoms. The molecule has 0 fully saturated rings. The smallest absolute Gasteiger partial charge is 0.306 e. The lowest BCUT2D eigenvalue weighted by molar-refractivity contribution is -0.140. The van der Waals surface area contributed by atoms with Crippen molar-refractivity contribution in [2.24, 2.45) is 5.92 Å². The van der Waals surface area contributed by atoms with Crippen LogP contribution in [0.2, 0.25) is 0 Å². The van der Waals surface area contributed by atoms with Gasteiger partial charge in [0.15, 0.2) is 11.5 Å². The zero-order chi connectivity index (χ0) is 19.3. The highest BCUT2D eigenvalue weighted by Crippen LogP contribution is 2.35. The molecule has 2 rings (SSSR count). The number of benzene rings is 1. The molecule has 0 aliphatic carbocycles. The van der Waals surface area contributed by atoms with Crippen LogP contribution in [0.4, 0.5) is 0 Å². The molecule has 0 saturated carbocycles. The first-order chi connectivity index (χ1) is 12.4. The Labute approximate surface area is 152 Å². The van der Waals surface area contributed by atoms with Crippen LogP contribution in [0.25, 0.3) is 0 Å². The van der Waals surface area contributed by atoms with E-state index in [4.69, 9.17) is 14.2 Å². The van der Waals surface area contributed by atoms with Crippen LogP contribution < -0.4 is 15.0 Å². The van der Waals surface area contributed by atoms with Gasteiger partial charge in [-0.15, -0.1) is 0 Å². The number of H-pyrrole nitrogens is 2. The van der Waals surface area contributed by atoms with Gasteiger partial charge in [0.1, 0.15) is 0 Å². The second kappa shape index (κ2) is 8.60. The van der Waals surface area contributed by atoms with Crippen LogP contribution in [0.1, 0.15) is 43.0 Å². The lowest BCUT2D eigenvalue weighted by atomic mass is 9.88. The van der Waals surface area contributed by atoms with E-state index < -0.39 is 11.9 Å². The Balaban J connectivity index is 2.44. The van der Waals surface area contributed by atoms with Crippen molar-refractivity contribution in [2.75, 3.05) is 20.8 Å². The summed E-state index contributed by atoms with van der Waals surface area (Å²) in [6.45, 7) is 6.48. The summed E-state index contributed by atoms with van der Waals surface area (Å²) in [4.78, 5) is 24.1. The Kier molecular flexibility index (Phi) is 6.49. The molecular formula is C19H26N2O5. The van der Waals surface area contributed by atoms with Crippen molar-refractivity contribution >= 4 is 5.97 Å². The molecule has 0 bridgehead atoms. The van der Waals surface area contributed by atoms with Crippen molar-refractivity contribution in [3.05, 3.63) is 45.4 Å². The molecule has 1 aromatic carbocycles. The zero-order valence-corrected chi connectivity index (χ0v) is 15.8. The standard InChI is InChI=1S/C19H26N2O5/c1-11(2)10-26-15-7-6-13(8-16(15)24-4)14(9-17(22)25-5)18-12(3)20-21-19(18)23/h6-8,11,14H,9-10H2,1-5H3,(H2,20,21,23)/t14-/m0/s1. The summed E-state index contributed by atoms with van der Waals surface area (Å²) in [6, 6.07) is 5.45. The molecule has 2 N–H and O–H groups in total. The number of hydrogen-bond donors (Lipinski definition) is 2. The van der Waals surface area contributed by atoms with Crippen LogP contribution in [0.15, 0.2) is 23.0 Å². The summed E-state index contributed by atoms with van der Waals surface area (Å²) < 4.78 is 16.0. The average molecular weight is 362 g/mol. The van der Waals surface area contributed by atoms with Crippen molar-refractivity contribution in [3.63, 3.8) is 0 Å². The van der Waals surface area contributed by atoms with Gasteiger partial charge >= 0.3 is 5.97 Å². The number of rotatable bonds is 8. The van der Waals surface area contributed by atoms with Gasteiger partial charge in [-0.05, 0) is 30.5 Å². The first kappa shape index (κ1) is 19.6. The van der Waals surface area contributed by atoms with E-state index in [9.17, 15) is 9.59 Å². The summed E-state index contributed by atoms with van der Waals surface area (Å²) in [5.41, 5.74) is 1.71. The van der Waals surface area contributed by atoms with Crippen LogP contribution in [0.3, 0.4) is 0 Å². The number of aromatic nitrogens is 2. The minimum absolute atomic E-state index is 0.0492. The molecule has 7 nitrogen and oxygen atoms in total. The van der Waals surface area contributed by atoms with Crippen LogP contribution in [-0.2, 0) is 9.53 Å². The highest BCUT2D eigenvalue weighted by Gasteiger charge is 2.25. The van der Waals surface area contributed by atoms with Crippen LogP contribution in [-0.4, -0.2) is 37.0 Å². The molecule has 0 aliphatic rings. The maximum absolute atomic E-state index is 12.2. The van der Waals surface area contributed by atoms with Gasteiger partial charge in [0, 0.05) is 17.2 Å². The summed E-state index contributed by atoms with van der Waals surface area (Å²) in [5, 5.41) is 5.37. The Bertz CT molecular complexity index is 807. The molecular weight excluding hydrogens is 336 g/mol. The van der Waals surface area contributed by atoms with E-state index in [1.54, 1.807) is 26.2 Å². The fraction of sp³-hybridized carbons (Fsp3) is 0.474. The largest absolute Gasteiger partial charge is 0.493 e. The first-order valence-corrected chi connectivity index (χ1v) is 8.52. The van der Waals surface area contributed by atoms with Crippen LogP contribution in [0.5, 0.6) is 11.5 Å². The minimum Gasteiger partial charge on any atom is -0.493 e. The molecule has 0 spiro atoms. The van der Waals surface area contributed by atoms with Gasteiger partial charge in [-0.25, -0.2) is 0 Å². The minimum atomic E-state index is -0.453. The summed E-state index contributed by atoms with van der Waals surface area (Å²) in [5.74, 6) is 0.719. The van der Waals surface area contributed by atoms with E-state index >= 15 is 0 Å². The summed E-state index contributed by atoms with van der Waals surface area (Å²) in [6.07, 6.45) is 0.0492. The van der Waals surface area contributed by atoms with E-state index in [1.165, 1.54) is 7.11 Å². The van der Waals surface area contributed by atoms with Gasteiger partial charge in [0.05, 0.1) is 27.2 Å². The highest BCUT2D eigenvalue weighted by molar-refractivity contribution is 5.71. The fourth-order valence-electron chi connectivity index (χ4n) is 2.79. The fourth-order valence-corrected chi connectivity index (χ4v) is 2.79. The van der Waals surface area contributed by atoms with Crippen molar-refractivity contribution in [3.8, 4) is 11.5 Å². The molecule has 0 unspecified atom stereocenters. The molecule has 0 aliphatic heterocycles. The van der Waals surface area contributed by atoms with Crippen molar-refractivity contribution in [1.29, 1.82) is 0 Å². The first-order valence-electron chi connectivity index (χ1n) is 8.52. The van der Waals surface area contributed by atoms with Gasteiger partial charge in [0.2, 0.25) is 0 Å². The average Bonchev–Trinajstić information content (AvgIpc) is 2.96. The molecule has 0 amide bonds. The number of carbonyl (C=O) groups excluding carboxylic acids is 1. The molecule has 1 heterocycles. The Morgan fingerprint density at radius 2 is 1.88 bits per heavy atom. The quantitative estimate of drug-likeness (QED) is 0.704. The highest BCUT2D eigenvalue weighted by atomic mass is 16.5. The van der Waals surface area contributed by atoms with Crippen LogP contribution >= 0.6 is 0 Å². The maximum Gasteiger partial charge on any atom is 0.306 e. The van der Waals surface area contributed by atoms with Gasteiger partial charge in [0.25, 0.3) is 5.56 Å². The second-order valence-corrected chi connectivity index (χ2v) is 6.57. The van der Waals surface area contributed by atoms with Gasteiger partial charge in [-0.1, -0.05) is 19.9 Å². The van der Waals surface area contributed by atoms with Crippen LogP contribution in [0, 0.1) is 12.8 Å². The Morgan fingerprint density at radius 1 is 1.15 bits per heavy atom. The number of ether oxygens (including phenoxy) is 3. The number of aromatic amines is 2. The third kappa shape index (κ3) is 4.47. The molecule has 26 heavy (non-hydrogen) atoms. The van der Waals surface area contributed by atoms with E-state index in [0.29, 0.717) is 35.3 Å². The lowest BCUT2D eigenvalue weighted by Crippen LogP contribution is -2.17. The normalized spacial score (nSPS) is 12.1. The number of carbonyl (C=O) groups is 1. The molecule has 0 saturated heterocycles. The number of hydrogen-bond acceptors (Lipinski definition) is 5. The topological polar surface area (TPSA) is 93.4 Å². The van der Waals surface area contributed by atoms with Gasteiger partial charge in [-0.2, -0.15) is 0 Å². The second-order valence-electron chi connectivity index (χ2n) is 6.57. The SMILES string of the molecule is COC(=O)C[C@@H](c1ccc(OCC(C)C)c(OC)c1)c1c(C)[nH][nH]c1=O. The Morgan fingerprint density at radius 3 is 2.42 bits per heavy atom. The summed E-state index contributed by atoms with van der Waals surface area (Å²) in [7, 11) is 2.89. The zero-order valence-electron chi connectivity index (χ0n) is 15.8. The number of methoxy groups -OCH3 is 2. The van der Waals surface area contributed by atoms with Gasteiger partial charge < -0.3 is 19.3 Å². The van der Waals surface area contributed by atoms with E-state index in [0.717, 1.165) is 5.56 Å². The molecule has 0 radical (unpaired) electrons.